The van der Waals surface area contributed by atoms with Crippen molar-refractivity contribution in [2.24, 2.45) is 0 Å². The van der Waals surface area contributed by atoms with Crippen LogP contribution in [0, 0.1) is 0 Å². The summed E-state index contributed by atoms with van der Waals surface area (Å²) < 4.78 is 21.4. The highest BCUT2D eigenvalue weighted by Crippen LogP contribution is 2.16. The maximum absolute atomic E-state index is 11.8. The molecule has 1 N–H and O–H groups in total. The van der Waals surface area contributed by atoms with Gasteiger partial charge in [-0.2, -0.15) is 0 Å². The van der Waals surface area contributed by atoms with Gasteiger partial charge in [-0.15, -0.1) is 0 Å². The van der Waals surface area contributed by atoms with Crippen LogP contribution in [-0.2, 0) is 4.79 Å². The average Bonchev–Trinajstić information content (AvgIpc) is 2.61. The molecular formula is C8H16N2O2. The SMILES string of the molecule is [2H]CN(C[2H])C(=O)[C@@H]1C[C@@H](O)CN1C[2H]. The molecule has 0 spiro atoms. The van der Waals surface area contributed by atoms with Crippen molar-refractivity contribution in [3.05, 3.63) is 0 Å². The normalized spacial score (nSPS) is 33.9. The lowest BCUT2D eigenvalue weighted by Crippen LogP contribution is -2.40. The van der Waals surface area contributed by atoms with E-state index in [2.05, 4.69) is 0 Å². The van der Waals surface area contributed by atoms with E-state index in [0.717, 1.165) is 4.90 Å². The maximum Gasteiger partial charge on any atom is 0.239 e. The molecule has 1 saturated heterocycles. The van der Waals surface area contributed by atoms with Crippen molar-refractivity contribution in [3.8, 4) is 0 Å². The van der Waals surface area contributed by atoms with Crippen LogP contribution >= 0.6 is 0 Å². The number of likely N-dealkylation sites (N-methyl/N-ethyl adjacent to an activating group) is 2. The van der Waals surface area contributed by atoms with Gasteiger partial charge in [0.2, 0.25) is 5.91 Å². The van der Waals surface area contributed by atoms with E-state index in [9.17, 15) is 9.90 Å². The first-order valence-corrected chi connectivity index (χ1v) is 3.72. The van der Waals surface area contributed by atoms with E-state index >= 15 is 0 Å². The second kappa shape index (κ2) is 3.41. The van der Waals surface area contributed by atoms with Crippen LogP contribution in [0.4, 0.5) is 0 Å². The molecule has 0 radical (unpaired) electrons. The van der Waals surface area contributed by atoms with E-state index in [1.807, 2.05) is 0 Å². The zero-order valence-corrected chi connectivity index (χ0v) is 6.94. The summed E-state index contributed by atoms with van der Waals surface area (Å²) in [6, 6.07) is -0.534. The molecule has 1 rings (SSSR count). The molecule has 4 nitrogen and oxygen atoms in total. The average molecular weight is 175 g/mol. The van der Waals surface area contributed by atoms with Crippen molar-refractivity contribution in [2.75, 3.05) is 27.6 Å². The molecule has 2 atom stereocenters. The Balaban J connectivity index is 2.65. The summed E-state index contributed by atoms with van der Waals surface area (Å²) >= 11 is 0. The molecule has 0 bridgehead atoms. The minimum Gasteiger partial charge on any atom is -0.392 e. The summed E-state index contributed by atoms with van der Waals surface area (Å²) in [6.07, 6.45) is -0.281. The molecule has 1 fully saturated rings. The molecule has 0 saturated carbocycles. The van der Waals surface area contributed by atoms with Crippen LogP contribution in [0.25, 0.3) is 0 Å². The number of nitrogens with zero attached hydrogens (tertiary/aromatic N) is 2. The van der Waals surface area contributed by atoms with Gasteiger partial charge in [0, 0.05) is 24.7 Å². The van der Waals surface area contributed by atoms with Crippen molar-refractivity contribution in [1.82, 2.24) is 9.80 Å². The highest BCUT2D eigenvalue weighted by Gasteiger charge is 2.33. The molecule has 0 aromatic rings. The molecule has 0 aliphatic carbocycles. The molecule has 0 aromatic carbocycles. The number of β-amino-alcohol motifs (C(OH)–C–C–N with tert-alkyl or cyclic N) is 1. The standard InChI is InChI=1S/C8H16N2O2/c1-9(2)8(12)7-4-6(11)5-10(7)3/h6-7,11H,4-5H2,1-3H3/t6-,7+/m1/s1/i1D,2D,3D. The monoisotopic (exact) mass is 175 g/mol. The molecule has 1 aliphatic rings. The summed E-state index contributed by atoms with van der Waals surface area (Å²) in [7, 11) is -0.543. The second-order valence-electron chi connectivity index (χ2n) is 3.05. The number of carbonyl (C=O) groups is 1. The Bertz CT molecular complexity index is 226. The van der Waals surface area contributed by atoms with Gasteiger partial charge < -0.3 is 10.0 Å². The van der Waals surface area contributed by atoms with Crippen LogP contribution in [0.2, 0.25) is 0 Å². The number of carbonyl (C=O) groups excluding carboxylic acids is 1. The number of aliphatic hydroxyl groups excluding tert-OH is 1. The Labute approximate surface area is 77.0 Å². The third kappa shape index (κ3) is 1.76. The van der Waals surface area contributed by atoms with Gasteiger partial charge in [-0.1, -0.05) is 0 Å². The second-order valence-corrected chi connectivity index (χ2v) is 3.05. The predicted octanol–water partition coefficient (Wildman–Crippen LogP) is -0.860. The molecule has 70 valence electrons. The van der Waals surface area contributed by atoms with Crippen LogP contribution in [0.15, 0.2) is 0 Å². The Kier molecular flexibility index (Phi) is 1.69. The Morgan fingerprint density at radius 2 is 2.50 bits per heavy atom. The summed E-state index contributed by atoms with van der Waals surface area (Å²) in [5, 5.41) is 9.39. The molecule has 1 amide bonds. The van der Waals surface area contributed by atoms with Crippen LogP contribution in [0.5, 0.6) is 0 Å². The van der Waals surface area contributed by atoms with E-state index < -0.39 is 12.1 Å². The van der Waals surface area contributed by atoms with Gasteiger partial charge in [0.15, 0.2) is 0 Å². The zero-order chi connectivity index (χ0) is 11.4. The Hall–Kier alpha value is -0.610. The van der Waals surface area contributed by atoms with Gasteiger partial charge in [-0.25, -0.2) is 0 Å². The van der Waals surface area contributed by atoms with Gasteiger partial charge in [-0.05, 0) is 13.4 Å². The van der Waals surface area contributed by atoms with Crippen LogP contribution in [0.3, 0.4) is 0 Å². The fourth-order valence-corrected chi connectivity index (χ4v) is 1.35. The van der Waals surface area contributed by atoms with Gasteiger partial charge in [0.25, 0.3) is 0 Å². The number of amides is 1. The van der Waals surface area contributed by atoms with Crippen LogP contribution in [0.1, 0.15) is 10.5 Å². The van der Waals surface area contributed by atoms with E-state index in [1.165, 1.54) is 0 Å². The fraction of sp³-hybridized carbons (Fsp3) is 0.875. The van der Waals surface area contributed by atoms with E-state index in [1.54, 1.807) is 4.90 Å². The summed E-state index contributed by atoms with van der Waals surface area (Å²) in [5.41, 5.74) is 0. The fourth-order valence-electron chi connectivity index (χ4n) is 1.35. The van der Waals surface area contributed by atoms with Crippen LogP contribution < -0.4 is 0 Å². The number of likely N-dealkylation sites (tertiary alicyclic amines) is 1. The highest BCUT2D eigenvalue weighted by atomic mass is 16.3. The minimum atomic E-state index is -0.581. The molecule has 12 heavy (non-hydrogen) atoms. The van der Waals surface area contributed by atoms with Gasteiger partial charge in [0.05, 0.1) is 12.1 Å². The summed E-state index contributed by atoms with van der Waals surface area (Å²) in [5.74, 6) is -0.330. The Morgan fingerprint density at radius 3 is 3.08 bits per heavy atom. The third-order valence-corrected chi connectivity index (χ3v) is 1.98. The summed E-state index contributed by atoms with van der Waals surface area (Å²) in [4.78, 5) is 14.4. The third-order valence-electron chi connectivity index (χ3n) is 1.98. The Morgan fingerprint density at radius 1 is 1.75 bits per heavy atom. The van der Waals surface area contributed by atoms with Crippen LogP contribution in [-0.4, -0.2) is 60.6 Å². The predicted molar refractivity (Wildman–Crippen MR) is 45.7 cm³/mol. The number of hydrogen-bond acceptors (Lipinski definition) is 3. The van der Waals surface area contributed by atoms with Gasteiger partial charge in [0.1, 0.15) is 0 Å². The minimum absolute atomic E-state index is 0.0443. The van der Waals surface area contributed by atoms with E-state index in [0.29, 0.717) is 13.0 Å². The number of rotatable bonds is 1. The summed E-state index contributed by atoms with van der Waals surface area (Å²) in [6.45, 7) is 0.323. The topological polar surface area (TPSA) is 43.8 Å². The lowest BCUT2D eigenvalue weighted by atomic mass is 10.2. The lowest BCUT2D eigenvalue weighted by Gasteiger charge is -2.21. The molecular weight excluding hydrogens is 156 g/mol. The van der Waals surface area contributed by atoms with Crippen molar-refractivity contribution in [3.63, 3.8) is 0 Å². The molecule has 0 unspecified atom stereocenters. The largest absolute Gasteiger partial charge is 0.392 e. The molecule has 1 heterocycles. The first-order valence-electron chi connectivity index (χ1n) is 5.84. The first-order chi connectivity index (χ1) is 7.13. The van der Waals surface area contributed by atoms with Crippen molar-refractivity contribution in [1.29, 1.82) is 0 Å². The molecule has 1 aliphatic heterocycles. The van der Waals surface area contributed by atoms with Crippen molar-refractivity contribution < 1.29 is 14.0 Å². The smallest absolute Gasteiger partial charge is 0.239 e. The molecule has 4 heteroatoms. The van der Waals surface area contributed by atoms with E-state index in [-0.39, 0.29) is 27.0 Å². The first kappa shape index (κ1) is 5.94. The number of hydrogen-bond donors (Lipinski definition) is 1. The van der Waals surface area contributed by atoms with Gasteiger partial charge >= 0.3 is 0 Å². The van der Waals surface area contributed by atoms with Crippen molar-refractivity contribution >= 4 is 5.91 Å². The maximum atomic E-state index is 11.8. The zero-order valence-electron chi connectivity index (χ0n) is 9.94. The lowest BCUT2D eigenvalue weighted by molar-refractivity contribution is -0.133. The quantitative estimate of drug-likeness (QED) is 0.564. The van der Waals surface area contributed by atoms with E-state index in [4.69, 9.17) is 4.11 Å². The highest BCUT2D eigenvalue weighted by molar-refractivity contribution is 5.81. The number of aliphatic hydroxyl groups is 1. The van der Waals surface area contributed by atoms with Crippen molar-refractivity contribution in [2.45, 2.75) is 18.6 Å². The molecule has 0 aromatic heterocycles. The van der Waals surface area contributed by atoms with Gasteiger partial charge in [-0.3, -0.25) is 9.69 Å².